The minimum Gasteiger partial charge on any atom is -0.360 e. The zero-order chi connectivity index (χ0) is 17.8. The molecule has 0 saturated heterocycles. The maximum absolute atomic E-state index is 13.0. The van der Waals surface area contributed by atoms with Crippen molar-refractivity contribution in [2.24, 2.45) is 0 Å². The van der Waals surface area contributed by atoms with Gasteiger partial charge >= 0.3 is 0 Å². The summed E-state index contributed by atoms with van der Waals surface area (Å²) in [6.07, 6.45) is 1.68. The van der Waals surface area contributed by atoms with E-state index in [1.54, 1.807) is 18.3 Å². The van der Waals surface area contributed by atoms with Crippen LogP contribution >= 0.6 is 11.3 Å². The number of allylic oxidation sites excluding steroid dienone is 1. The molecule has 0 saturated carbocycles. The van der Waals surface area contributed by atoms with E-state index >= 15 is 0 Å². The number of thiazole rings is 1. The average Bonchev–Trinajstić information content (AvgIpc) is 3.09. The van der Waals surface area contributed by atoms with E-state index in [0.717, 1.165) is 28.1 Å². The molecule has 0 radical (unpaired) electrons. The zero-order valence-corrected chi connectivity index (χ0v) is 14.7. The Hall–Kier alpha value is -2.97. The predicted molar refractivity (Wildman–Crippen MR) is 101 cm³/mol. The van der Waals surface area contributed by atoms with E-state index in [2.05, 4.69) is 16.4 Å². The van der Waals surface area contributed by atoms with Gasteiger partial charge in [-0.1, -0.05) is 12.1 Å². The van der Waals surface area contributed by atoms with Crippen molar-refractivity contribution in [1.29, 1.82) is 5.26 Å². The number of nitrogens with zero attached hydrogens (tertiary/aromatic N) is 2. The average molecular weight is 349 g/mol. The minimum atomic E-state index is -0.283. The van der Waals surface area contributed by atoms with Gasteiger partial charge in [0, 0.05) is 22.8 Å². The second-order valence-electron chi connectivity index (χ2n) is 5.68. The summed E-state index contributed by atoms with van der Waals surface area (Å²) in [4.78, 5) is 4.50. The van der Waals surface area contributed by atoms with Crippen LogP contribution in [-0.4, -0.2) is 4.98 Å². The van der Waals surface area contributed by atoms with Crippen LogP contribution in [0.5, 0.6) is 0 Å². The van der Waals surface area contributed by atoms with Gasteiger partial charge in [0.25, 0.3) is 0 Å². The fourth-order valence-corrected chi connectivity index (χ4v) is 3.13. The van der Waals surface area contributed by atoms with Crippen molar-refractivity contribution in [1.82, 2.24) is 4.98 Å². The SMILES string of the molecule is Cc1ccc(C)c(NC=C(C#N)c2nc(-c3ccc(F)cc3)cs2)c1. The summed E-state index contributed by atoms with van der Waals surface area (Å²) in [5, 5.41) is 15.1. The standard InChI is InChI=1S/C20H16FN3S/c1-13-3-4-14(2)18(9-13)23-11-16(10-22)20-24-19(12-25-20)15-5-7-17(21)8-6-15/h3-9,11-12,23H,1-2H3. The highest BCUT2D eigenvalue weighted by Crippen LogP contribution is 2.26. The van der Waals surface area contributed by atoms with Crippen LogP contribution in [-0.2, 0) is 0 Å². The number of aryl methyl sites for hydroxylation is 2. The number of hydrogen-bond donors (Lipinski definition) is 1. The molecule has 2 aromatic carbocycles. The van der Waals surface area contributed by atoms with Gasteiger partial charge in [-0.15, -0.1) is 11.3 Å². The highest BCUT2D eigenvalue weighted by molar-refractivity contribution is 7.11. The second kappa shape index (κ2) is 7.29. The molecule has 1 aromatic heterocycles. The van der Waals surface area contributed by atoms with E-state index in [-0.39, 0.29) is 5.82 Å². The molecule has 1 heterocycles. The first-order chi connectivity index (χ1) is 12.1. The normalized spacial score (nSPS) is 11.2. The lowest BCUT2D eigenvalue weighted by molar-refractivity contribution is 0.628. The molecule has 0 amide bonds. The minimum absolute atomic E-state index is 0.283. The second-order valence-corrected chi connectivity index (χ2v) is 6.54. The summed E-state index contributed by atoms with van der Waals surface area (Å²) in [5.74, 6) is -0.283. The van der Waals surface area contributed by atoms with Gasteiger partial charge in [0.1, 0.15) is 22.5 Å². The molecule has 0 aliphatic rings. The van der Waals surface area contributed by atoms with E-state index in [4.69, 9.17) is 0 Å². The molecule has 3 aromatic rings. The number of benzene rings is 2. The van der Waals surface area contributed by atoms with Crippen LogP contribution in [0.3, 0.4) is 0 Å². The molecule has 0 spiro atoms. The summed E-state index contributed by atoms with van der Waals surface area (Å²) < 4.78 is 13.0. The third-order valence-corrected chi connectivity index (χ3v) is 4.64. The highest BCUT2D eigenvalue weighted by Gasteiger charge is 2.09. The summed E-state index contributed by atoms with van der Waals surface area (Å²) >= 11 is 1.39. The van der Waals surface area contributed by atoms with Gasteiger partial charge in [-0.25, -0.2) is 9.37 Å². The quantitative estimate of drug-likeness (QED) is 0.629. The van der Waals surface area contributed by atoms with Gasteiger partial charge in [-0.3, -0.25) is 0 Å². The summed E-state index contributed by atoms with van der Waals surface area (Å²) in [7, 11) is 0. The first-order valence-corrected chi connectivity index (χ1v) is 8.60. The number of halogens is 1. The highest BCUT2D eigenvalue weighted by atomic mass is 32.1. The Balaban J connectivity index is 1.85. The molecule has 0 unspecified atom stereocenters. The van der Waals surface area contributed by atoms with Crippen molar-refractivity contribution in [3.8, 4) is 17.3 Å². The van der Waals surface area contributed by atoms with Crippen LogP contribution in [0, 0.1) is 31.0 Å². The monoisotopic (exact) mass is 349 g/mol. The van der Waals surface area contributed by atoms with Crippen LogP contribution in [0.25, 0.3) is 16.8 Å². The number of aromatic nitrogens is 1. The molecular weight excluding hydrogens is 333 g/mol. The smallest absolute Gasteiger partial charge is 0.136 e. The lowest BCUT2D eigenvalue weighted by Crippen LogP contribution is -1.94. The predicted octanol–water partition coefficient (Wildman–Crippen LogP) is 5.54. The van der Waals surface area contributed by atoms with Crippen molar-refractivity contribution >= 4 is 22.6 Å². The lowest BCUT2D eigenvalue weighted by Gasteiger charge is -2.06. The van der Waals surface area contributed by atoms with Crippen LogP contribution in [0.2, 0.25) is 0 Å². The van der Waals surface area contributed by atoms with Gasteiger partial charge in [-0.2, -0.15) is 5.26 Å². The fourth-order valence-electron chi connectivity index (χ4n) is 2.33. The van der Waals surface area contributed by atoms with E-state index in [0.29, 0.717) is 10.6 Å². The number of hydrogen-bond acceptors (Lipinski definition) is 4. The van der Waals surface area contributed by atoms with Crippen molar-refractivity contribution in [3.63, 3.8) is 0 Å². The Kier molecular flexibility index (Phi) is 4.92. The number of rotatable bonds is 4. The lowest BCUT2D eigenvalue weighted by atomic mass is 10.1. The molecule has 0 fully saturated rings. The van der Waals surface area contributed by atoms with E-state index in [9.17, 15) is 9.65 Å². The molecule has 0 bridgehead atoms. The summed E-state index contributed by atoms with van der Waals surface area (Å²) in [5.41, 5.74) is 5.22. The number of nitriles is 1. The van der Waals surface area contributed by atoms with Crippen LogP contribution in [0.1, 0.15) is 16.1 Å². The van der Waals surface area contributed by atoms with Gasteiger partial charge < -0.3 is 5.32 Å². The van der Waals surface area contributed by atoms with Crippen molar-refractivity contribution in [3.05, 3.63) is 76.0 Å². The Morgan fingerprint density at radius 2 is 1.96 bits per heavy atom. The van der Waals surface area contributed by atoms with Crippen molar-refractivity contribution in [2.75, 3.05) is 5.32 Å². The van der Waals surface area contributed by atoms with Crippen molar-refractivity contribution in [2.45, 2.75) is 13.8 Å². The first kappa shape index (κ1) is 16.9. The fraction of sp³-hybridized carbons (Fsp3) is 0.100. The van der Waals surface area contributed by atoms with Gasteiger partial charge in [0.05, 0.1) is 5.69 Å². The molecular formula is C20H16FN3S. The maximum atomic E-state index is 13.0. The van der Waals surface area contributed by atoms with Crippen LogP contribution in [0.4, 0.5) is 10.1 Å². The molecule has 1 N–H and O–H groups in total. The summed E-state index contributed by atoms with van der Waals surface area (Å²) in [6.45, 7) is 4.03. The largest absolute Gasteiger partial charge is 0.360 e. The Morgan fingerprint density at radius 3 is 2.68 bits per heavy atom. The topological polar surface area (TPSA) is 48.7 Å². The third-order valence-electron chi connectivity index (χ3n) is 3.76. The molecule has 0 aliphatic carbocycles. The van der Waals surface area contributed by atoms with Gasteiger partial charge in [-0.05, 0) is 55.3 Å². The van der Waals surface area contributed by atoms with Gasteiger partial charge in [0.15, 0.2) is 0 Å². The number of nitrogens with one attached hydrogen (secondary N) is 1. The Bertz CT molecular complexity index is 965. The molecule has 25 heavy (non-hydrogen) atoms. The maximum Gasteiger partial charge on any atom is 0.136 e. The van der Waals surface area contributed by atoms with Crippen LogP contribution in [0.15, 0.2) is 54.0 Å². The zero-order valence-electron chi connectivity index (χ0n) is 13.9. The first-order valence-electron chi connectivity index (χ1n) is 7.73. The van der Waals surface area contributed by atoms with Crippen molar-refractivity contribution < 1.29 is 4.39 Å². The summed E-state index contributed by atoms with van der Waals surface area (Å²) in [6, 6.07) is 14.5. The van der Waals surface area contributed by atoms with E-state index in [1.165, 1.54) is 23.5 Å². The van der Waals surface area contributed by atoms with E-state index in [1.807, 2.05) is 37.4 Å². The van der Waals surface area contributed by atoms with E-state index < -0.39 is 0 Å². The third kappa shape index (κ3) is 3.93. The Labute approximate surface area is 150 Å². The van der Waals surface area contributed by atoms with Gasteiger partial charge in [0.2, 0.25) is 0 Å². The molecule has 3 rings (SSSR count). The number of anilines is 1. The molecule has 124 valence electrons. The molecule has 0 aliphatic heterocycles. The molecule has 5 heteroatoms. The Morgan fingerprint density at radius 1 is 1.20 bits per heavy atom. The molecule has 0 atom stereocenters. The molecule has 3 nitrogen and oxygen atoms in total. The van der Waals surface area contributed by atoms with Crippen LogP contribution < -0.4 is 5.32 Å².